The molecule has 9 nitrogen and oxygen atoms in total. The lowest BCUT2D eigenvalue weighted by Crippen LogP contribution is -2.35. The van der Waals surface area contributed by atoms with E-state index < -0.39 is 0 Å². The summed E-state index contributed by atoms with van der Waals surface area (Å²) in [6.07, 6.45) is 7.92. The number of fused-ring (bicyclic) bond motifs is 3. The Bertz CT molecular complexity index is 1570. The van der Waals surface area contributed by atoms with Gasteiger partial charge in [0.25, 0.3) is 11.8 Å². The van der Waals surface area contributed by atoms with Crippen molar-refractivity contribution < 1.29 is 9.59 Å². The number of benzene rings is 1. The minimum Gasteiger partial charge on any atom is -0.382 e. The van der Waals surface area contributed by atoms with Gasteiger partial charge in [-0.05, 0) is 56.4 Å². The van der Waals surface area contributed by atoms with Crippen molar-refractivity contribution in [2.24, 2.45) is 0 Å². The Labute approximate surface area is 213 Å². The maximum Gasteiger partial charge on any atom is 0.298 e. The summed E-state index contributed by atoms with van der Waals surface area (Å²) in [5, 5.41) is 2.79. The number of nitrogens with two attached hydrogens (primary N) is 1. The molecule has 1 aromatic carbocycles. The van der Waals surface area contributed by atoms with Crippen LogP contribution in [0, 0.1) is 11.8 Å². The number of nitrogens with zero attached hydrogens (tertiary/aromatic N) is 5. The SMILES string of the molecule is CC#CC(=O)N1C2CCC1C(c1nc(-c3ccc(C(=O)Nc4ccccn4)cc3)c3c(N)nccn13)C2. The van der Waals surface area contributed by atoms with Crippen molar-refractivity contribution in [1.82, 2.24) is 24.3 Å². The molecule has 6 rings (SSSR count). The van der Waals surface area contributed by atoms with E-state index in [0.717, 1.165) is 36.2 Å². The van der Waals surface area contributed by atoms with Gasteiger partial charge in [-0.1, -0.05) is 24.1 Å². The van der Waals surface area contributed by atoms with Crippen LogP contribution in [0.5, 0.6) is 0 Å². The number of anilines is 2. The number of pyridine rings is 1. The summed E-state index contributed by atoms with van der Waals surface area (Å²) < 4.78 is 2.00. The molecule has 9 heteroatoms. The summed E-state index contributed by atoms with van der Waals surface area (Å²) in [4.78, 5) is 40.8. The average Bonchev–Trinajstić information content (AvgIpc) is 3.61. The molecule has 3 aromatic heterocycles. The molecule has 37 heavy (non-hydrogen) atoms. The molecule has 2 fully saturated rings. The van der Waals surface area contributed by atoms with E-state index in [1.807, 2.05) is 33.7 Å². The summed E-state index contributed by atoms with van der Waals surface area (Å²) in [7, 11) is 0. The minimum atomic E-state index is -0.247. The molecule has 2 saturated heterocycles. The van der Waals surface area contributed by atoms with Gasteiger partial charge in [0, 0.05) is 47.7 Å². The van der Waals surface area contributed by atoms with E-state index in [2.05, 4.69) is 27.1 Å². The van der Waals surface area contributed by atoms with Gasteiger partial charge in [-0.25, -0.2) is 15.0 Å². The normalized spacial score (nSPS) is 20.0. The van der Waals surface area contributed by atoms with Crippen LogP contribution in [0.25, 0.3) is 16.8 Å². The summed E-state index contributed by atoms with van der Waals surface area (Å²) in [6.45, 7) is 1.69. The molecule has 3 N–H and O–H groups in total. The highest BCUT2D eigenvalue weighted by molar-refractivity contribution is 6.04. The number of nitrogens with one attached hydrogen (secondary N) is 1. The Morgan fingerprint density at radius 3 is 2.68 bits per heavy atom. The van der Waals surface area contributed by atoms with Crippen LogP contribution in [0.15, 0.2) is 61.1 Å². The van der Waals surface area contributed by atoms with E-state index in [1.165, 1.54) is 0 Å². The molecule has 0 radical (unpaired) electrons. The predicted molar refractivity (Wildman–Crippen MR) is 139 cm³/mol. The third-order valence-corrected chi connectivity index (χ3v) is 7.27. The molecule has 0 saturated carbocycles. The van der Waals surface area contributed by atoms with E-state index in [9.17, 15) is 9.59 Å². The van der Waals surface area contributed by atoms with Gasteiger partial charge in [0.1, 0.15) is 28.7 Å². The molecule has 0 spiro atoms. The van der Waals surface area contributed by atoms with Crippen LogP contribution in [-0.4, -0.2) is 48.2 Å². The first kappa shape index (κ1) is 22.7. The largest absolute Gasteiger partial charge is 0.382 e. The third-order valence-electron chi connectivity index (χ3n) is 7.27. The molecule has 3 unspecified atom stereocenters. The Hall–Kier alpha value is -4.71. The minimum absolute atomic E-state index is 0.0591. The van der Waals surface area contributed by atoms with Crippen molar-refractivity contribution in [3.05, 3.63) is 72.4 Å². The van der Waals surface area contributed by atoms with Crippen molar-refractivity contribution in [2.45, 2.75) is 44.2 Å². The monoisotopic (exact) mass is 491 g/mol. The van der Waals surface area contributed by atoms with Gasteiger partial charge in [0.2, 0.25) is 0 Å². The second-order valence-electron chi connectivity index (χ2n) is 9.32. The molecule has 2 aliphatic heterocycles. The van der Waals surface area contributed by atoms with Gasteiger partial charge >= 0.3 is 0 Å². The van der Waals surface area contributed by atoms with Crippen LogP contribution in [0.1, 0.15) is 48.3 Å². The zero-order valence-electron chi connectivity index (χ0n) is 20.3. The van der Waals surface area contributed by atoms with Crippen molar-refractivity contribution in [2.75, 3.05) is 11.1 Å². The second kappa shape index (κ2) is 9.06. The highest BCUT2D eigenvalue weighted by atomic mass is 16.2. The van der Waals surface area contributed by atoms with Crippen molar-refractivity contribution >= 4 is 29.0 Å². The van der Waals surface area contributed by atoms with Crippen molar-refractivity contribution in [1.29, 1.82) is 0 Å². The third kappa shape index (κ3) is 3.87. The van der Waals surface area contributed by atoms with Crippen LogP contribution < -0.4 is 11.1 Å². The molecule has 5 heterocycles. The van der Waals surface area contributed by atoms with Gasteiger partial charge in [-0.2, -0.15) is 0 Å². The molecule has 184 valence electrons. The molecule has 2 amide bonds. The first-order valence-electron chi connectivity index (χ1n) is 12.3. The molecular formula is C28H25N7O2. The molecule has 0 aliphatic carbocycles. The fourth-order valence-corrected chi connectivity index (χ4v) is 5.71. The summed E-state index contributed by atoms with van der Waals surface area (Å²) >= 11 is 0. The lowest BCUT2D eigenvalue weighted by Gasteiger charge is -2.22. The van der Waals surface area contributed by atoms with Crippen LogP contribution >= 0.6 is 0 Å². The maximum absolute atomic E-state index is 12.7. The van der Waals surface area contributed by atoms with Crippen LogP contribution in [-0.2, 0) is 4.79 Å². The smallest absolute Gasteiger partial charge is 0.298 e. The number of carbonyl (C=O) groups is 2. The number of amides is 2. The fraction of sp³-hybridized carbons (Fsp3) is 0.250. The molecule has 3 atom stereocenters. The van der Waals surface area contributed by atoms with Crippen LogP contribution in [0.3, 0.4) is 0 Å². The topological polar surface area (TPSA) is 119 Å². The standard InChI is InChI=1S/C28H25N7O2/c1-2-5-23(36)35-19-11-12-21(35)20(16-19)27-33-24(25-26(29)31-14-15-34(25)27)17-7-9-18(10-8-17)28(37)32-22-6-3-4-13-30-22/h3-4,6-10,13-15,19-21H,11-12,16H2,1H3,(H2,29,31)(H,30,32,37). The number of rotatable bonds is 4. The average molecular weight is 492 g/mol. The van der Waals surface area contributed by atoms with Gasteiger partial charge < -0.3 is 16.0 Å². The predicted octanol–water partition coefficient (Wildman–Crippen LogP) is 3.50. The second-order valence-corrected chi connectivity index (χ2v) is 9.32. The zero-order chi connectivity index (χ0) is 25.5. The molecule has 2 aliphatic rings. The Morgan fingerprint density at radius 1 is 1.08 bits per heavy atom. The highest BCUT2D eigenvalue weighted by Gasteiger charge is 2.50. The lowest BCUT2D eigenvalue weighted by molar-refractivity contribution is -0.126. The van der Waals surface area contributed by atoms with Crippen LogP contribution in [0.4, 0.5) is 11.6 Å². The van der Waals surface area contributed by atoms with Gasteiger partial charge in [-0.15, -0.1) is 0 Å². The van der Waals surface area contributed by atoms with E-state index in [-0.39, 0.29) is 29.8 Å². The molecular weight excluding hydrogens is 466 g/mol. The first-order chi connectivity index (χ1) is 18.0. The Morgan fingerprint density at radius 2 is 1.92 bits per heavy atom. The number of aromatic nitrogens is 4. The quantitative estimate of drug-likeness (QED) is 0.422. The van der Waals surface area contributed by atoms with E-state index in [1.54, 1.807) is 43.6 Å². The van der Waals surface area contributed by atoms with Gasteiger partial charge in [-0.3, -0.25) is 14.0 Å². The van der Waals surface area contributed by atoms with Gasteiger partial charge in [0.05, 0.1) is 0 Å². The number of carbonyl (C=O) groups excluding carboxylic acids is 2. The van der Waals surface area contributed by atoms with Crippen molar-refractivity contribution in [3.63, 3.8) is 0 Å². The number of nitrogen functional groups attached to an aromatic ring is 1. The van der Waals surface area contributed by atoms with E-state index >= 15 is 0 Å². The lowest BCUT2D eigenvalue weighted by atomic mass is 9.88. The zero-order valence-corrected chi connectivity index (χ0v) is 20.3. The number of imidazole rings is 1. The van der Waals surface area contributed by atoms with E-state index in [0.29, 0.717) is 22.9 Å². The first-order valence-corrected chi connectivity index (χ1v) is 12.3. The Kier molecular flexibility index (Phi) is 5.57. The van der Waals surface area contributed by atoms with Crippen molar-refractivity contribution in [3.8, 4) is 23.1 Å². The maximum atomic E-state index is 12.7. The highest BCUT2D eigenvalue weighted by Crippen LogP contribution is 2.47. The van der Waals surface area contributed by atoms with E-state index in [4.69, 9.17) is 10.7 Å². The number of hydrogen-bond donors (Lipinski definition) is 2. The number of hydrogen-bond acceptors (Lipinski definition) is 6. The molecule has 4 aromatic rings. The van der Waals surface area contributed by atoms with Gasteiger partial charge in [0.15, 0.2) is 0 Å². The summed E-state index contributed by atoms with van der Waals surface area (Å²) in [5.41, 5.74) is 9.08. The molecule has 2 bridgehead atoms. The fourth-order valence-electron chi connectivity index (χ4n) is 5.71. The van der Waals surface area contributed by atoms with Crippen LogP contribution in [0.2, 0.25) is 0 Å². The summed E-state index contributed by atoms with van der Waals surface area (Å²) in [5.74, 6) is 6.90. The Balaban J connectivity index is 1.34. The summed E-state index contributed by atoms with van der Waals surface area (Å²) in [6, 6.07) is 12.8.